The van der Waals surface area contributed by atoms with Crippen molar-refractivity contribution in [1.29, 1.82) is 0 Å². The molecule has 3 N–H and O–H groups in total. The minimum absolute atomic E-state index is 0. The summed E-state index contributed by atoms with van der Waals surface area (Å²) in [5.74, 6) is 0.434. The standard InChI is InChI=1S/C19H32N4O.3ClH/c1-16(2)15-18(20)19(24)21-9-6-10-22-11-13-23(14-12-22)17-7-4-3-5-8-17;;;/h3-5,7-8,16,18H,6,9-15,20H2,1-2H3,(H,21,24);3*1H/t18-;;;/m0.../s1. The predicted octanol–water partition coefficient (Wildman–Crippen LogP) is 2.95. The van der Waals surface area contributed by atoms with Crippen LogP contribution in [0.1, 0.15) is 26.7 Å². The summed E-state index contributed by atoms with van der Waals surface area (Å²) in [6, 6.07) is 10.2. The Balaban J connectivity index is 0. The molecule has 0 spiro atoms. The number of hydrogen-bond acceptors (Lipinski definition) is 4. The Bertz CT molecular complexity index is 497. The number of halogens is 3. The number of anilines is 1. The second-order valence-corrected chi connectivity index (χ2v) is 7.04. The van der Waals surface area contributed by atoms with Gasteiger partial charge in [0.05, 0.1) is 6.04 Å². The van der Waals surface area contributed by atoms with Crippen LogP contribution < -0.4 is 16.0 Å². The third kappa shape index (κ3) is 10.4. The fourth-order valence-corrected chi connectivity index (χ4v) is 3.13. The van der Waals surface area contributed by atoms with Crippen LogP contribution in [0.15, 0.2) is 30.3 Å². The van der Waals surface area contributed by atoms with E-state index < -0.39 is 0 Å². The summed E-state index contributed by atoms with van der Waals surface area (Å²) in [5.41, 5.74) is 7.19. The van der Waals surface area contributed by atoms with Gasteiger partial charge in [-0.15, -0.1) is 37.2 Å². The molecule has 0 saturated carbocycles. The average Bonchev–Trinajstić information content (AvgIpc) is 2.59. The number of rotatable bonds is 8. The molecule has 1 saturated heterocycles. The van der Waals surface area contributed by atoms with E-state index in [0.717, 1.165) is 45.6 Å². The van der Waals surface area contributed by atoms with E-state index in [1.54, 1.807) is 0 Å². The SMILES string of the molecule is CC(C)C[C@H](N)C(=O)NCCCN1CCN(c2ccccc2)CC1.Cl.Cl.Cl. The molecular weight excluding hydrogens is 407 g/mol. The number of para-hydroxylation sites is 1. The topological polar surface area (TPSA) is 61.6 Å². The molecule has 0 aromatic heterocycles. The van der Waals surface area contributed by atoms with E-state index in [0.29, 0.717) is 12.5 Å². The van der Waals surface area contributed by atoms with Gasteiger partial charge in [-0.3, -0.25) is 9.69 Å². The first-order valence-corrected chi connectivity index (χ1v) is 9.12. The maximum atomic E-state index is 11.9. The van der Waals surface area contributed by atoms with Gasteiger partial charge in [0, 0.05) is 38.4 Å². The second kappa shape index (κ2) is 15.2. The van der Waals surface area contributed by atoms with Crippen molar-refractivity contribution in [2.24, 2.45) is 11.7 Å². The Morgan fingerprint density at radius 1 is 1.07 bits per heavy atom. The molecule has 1 aromatic rings. The number of carbonyl (C=O) groups is 1. The van der Waals surface area contributed by atoms with Gasteiger partial charge in [-0.1, -0.05) is 32.0 Å². The number of hydrogen-bond donors (Lipinski definition) is 2. The van der Waals surface area contributed by atoms with Gasteiger partial charge < -0.3 is 16.0 Å². The van der Waals surface area contributed by atoms with Crippen LogP contribution in [0.4, 0.5) is 5.69 Å². The zero-order valence-corrected chi connectivity index (χ0v) is 18.8. The minimum atomic E-state index is -0.376. The molecular formula is C19H35Cl3N4O. The van der Waals surface area contributed by atoms with Crippen molar-refractivity contribution in [2.75, 3.05) is 44.2 Å². The number of carbonyl (C=O) groups excluding carboxylic acids is 1. The Labute approximate surface area is 182 Å². The quantitative estimate of drug-likeness (QED) is 0.609. The van der Waals surface area contributed by atoms with E-state index in [-0.39, 0.29) is 49.2 Å². The predicted molar refractivity (Wildman–Crippen MR) is 122 cm³/mol. The first kappa shape index (κ1) is 28.5. The van der Waals surface area contributed by atoms with Crippen LogP contribution in [0.3, 0.4) is 0 Å². The number of benzene rings is 1. The second-order valence-electron chi connectivity index (χ2n) is 7.04. The largest absolute Gasteiger partial charge is 0.369 e. The van der Waals surface area contributed by atoms with Crippen LogP contribution in [-0.2, 0) is 4.79 Å². The third-order valence-corrected chi connectivity index (χ3v) is 4.51. The van der Waals surface area contributed by atoms with Crippen LogP contribution in [0.5, 0.6) is 0 Å². The van der Waals surface area contributed by atoms with Gasteiger partial charge in [-0.25, -0.2) is 0 Å². The molecule has 0 bridgehead atoms. The van der Waals surface area contributed by atoms with Gasteiger partial charge in [0.1, 0.15) is 0 Å². The third-order valence-electron chi connectivity index (χ3n) is 4.51. The molecule has 1 aliphatic rings. The lowest BCUT2D eigenvalue weighted by atomic mass is 10.0. The molecule has 1 heterocycles. The summed E-state index contributed by atoms with van der Waals surface area (Å²) < 4.78 is 0. The van der Waals surface area contributed by atoms with E-state index in [2.05, 4.69) is 59.3 Å². The normalized spacial score (nSPS) is 15.2. The van der Waals surface area contributed by atoms with Crippen LogP contribution in [0.25, 0.3) is 0 Å². The van der Waals surface area contributed by atoms with Gasteiger partial charge in [0.2, 0.25) is 5.91 Å². The maximum Gasteiger partial charge on any atom is 0.236 e. The Morgan fingerprint density at radius 2 is 1.67 bits per heavy atom. The van der Waals surface area contributed by atoms with Crippen molar-refractivity contribution in [2.45, 2.75) is 32.7 Å². The monoisotopic (exact) mass is 440 g/mol. The molecule has 158 valence electrons. The van der Waals surface area contributed by atoms with Crippen molar-refractivity contribution in [1.82, 2.24) is 10.2 Å². The fraction of sp³-hybridized carbons (Fsp3) is 0.632. The van der Waals surface area contributed by atoms with E-state index in [1.165, 1.54) is 5.69 Å². The number of piperazine rings is 1. The molecule has 1 aromatic carbocycles. The molecule has 1 aliphatic heterocycles. The molecule has 5 nitrogen and oxygen atoms in total. The highest BCUT2D eigenvalue weighted by Gasteiger charge is 2.17. The molecule has 1 amide bonds. The molecule has 0 radical (unpaired) electrons. The molecule has 27 heavy (non-hydrogen) atoms. The minimum Gasteiger partial charge on any atom is -0.369 e. The molecule has 0 unspecified atom stereocenters. The average molecular weight is 442 g/mol. The molecule has 8 heteroatoms. The zero-order valence-electron chi connectivity index (χ0n) is 16.3. The van der Waals surface area contributed by atoms with Crippen molar-refractivity contribution >= 4 is 48.8 Å². The van der Waals surface area contributed by atoms with Gasteiger partial charge in [-0.05, 0) is 37.4 Å². The highest BCUT2D eigenvalue weighted by Crippen LogP contribution is 2.15. The lowest BCUT2D eigenvalue weighted by Gasteiger charge is -2.36. The van der Waals surface area contributed by atoms with Crippen LogP contribution in [0.2, 0.25) is 0 Å². The number of nitrogens with one attached hydrogen (secondary N) is 1. The first-order chi connectivity index (χ1) is 11.6. The zero-order chi connectivity index (χ0) is 17.4. The van der Waals surface area contributed by atoms with E-state index in [4.69, 9.17) is 5.73 Å². The maximum absolute atomic E-state index is 11.9. The lowest BCUT2D eigenvalue weighted by Crippen LogP contribution is -2.47. The van der Waals surface area contributed by atoms with E-state index >= 15 is 0 Å². The molecule has 1 atom stereocenters. The fourth-order valence-electron chi connectivity index (χ4n) is 3.13. The van der Waals surface area contributed by atoms with Crippen molar-refractivity contribution in [3.63, 3.8) is 0 Å². The number of nitrogens with two attached hydrogens (primary N) is 1. The van der Waals surface area contributed by atoms with Crippen LogP contribution >= 0.6 is 37.2 Å². The van der Waals surface area contributed by atoms with Gasteiger partial charge in [-0.2, -0.15) is 0 Å². The molecule has 2 rings (SSSR count). The van der Waals surface area contributed by atoms with Crippen molar-refractivity contribution in [3.8, 4) is 0 Å². The van der Waals surface area contributed by atoms with E-state index in [1.807, 2.05) is 0 Å². The Morgan fingerprint density at radius 3 is 2.22 bits per heavy atom. The molecule has 1 fully saturated rings. The lowest BCUT2D eigenvalue weighted by molar-refractivity contribution is -0.122. The summed E-state index contributed by atoms with van der Waals surface area (Å²) in [7, 11) is 0. The number of amides is 1. The highest BCUT2D eigenvalue weighted by molar-refractivity contribution is 5.86. The Hall–Kier alpha value is -0.720. The summed E-state index contributed by atoms with van der Waals surface area (Å²) in [5, 5.41) is 2.96. The van der Waals surface area contributed by atoms with E-state index in [9.17, 15) is 4.79 Å². The van der Waals surface area contributed by atoms with Gasteiger partial charge in [0.15, 0.2) is 0 Å². The summed E-state index contributed by atoms with van der Waals surface area (Å²) in [6.07, 6.45) is 1.72. The first-order valence-electron chi connectivity index (χ1n) is 9.12. The summed E-state index contributed by atoms with van der Waals surface area (Å²) >= 11 is 0. The smallest absolute Gasteiger partial charge is 0.236 e. The van der Waals surface area contributed by atoms with Crippen LogP contribution in [0, 0.1) is 5.92 Å². The summed E-state index contributed by atoms with van der Waals surface area (Å²) in [6.45, 7) is 10.2. The van der Waals surface area contributed by atoms with Gasteiger partial charge >= 0.3 is 0 Å². The van der Waals surface area contributed by atoms with Crippen LogP contribution in [-0.4, -0.2) is 56.1 Å². The highest BCUT2D eigenvalue weighted by atomic mass is 35.5. The van der Waals surface area contributed by atoms with Gasteiger partial charge in [0.25, 0.3) is 0 Å². The number of nitrogens with zero attached hydrogens (tertiary/aromatic N) is 2. The molecule has 0 aliphatic carbocycles. The van der Waals surface area contributed by atoms with Crippen molar-refractivity contribution < 1.29 is 4.79 Å². The summed E-state index contributed by atoms with van der Waals surface area (Å²) in [4.78, 5) is 16.8. The Kier molecular flexibility index (Phi) is 16.1. The van der Waals surface area contributed by atoms with Crippen molar-refractivity contribution in [3.05, 3.63) is 30.3 Å².